The fraction of sp³-hybridized carbons (Fsp3) is 0.0833. The predicted octanol–water partition coefficient (Wildman–Crippen LogP) is 2.14. The zero-order valence-electron chi connectivity index (χ0n) is 9.74. The average molecular weight is 262 g/mol. The van der Waals surface area contributed by atoms with Crippen LogP contribution in [0.2, 0.25) is 0 Å². The summed E-state index contributed by atoms with van der Waals surface area (Å²) in [5.74, 6) is 0.114. The zero-order valence-corrected chi connectivity index (χ0v) is 9.74. The first kappa shape index (κ1) is 12.8. The molecule has 0 amide bonds. The number of carbonyl (C=O) groups excluding carboxylic acids is 1. The van der Waals surface area contributed by atoms with Crippen molar-refractivity contribution in [1.29, 1.82) is 0 Å². The first-order valence-corrected chi connectivity index (χ1v) is 5.35. The third-order valence-corrected chi connectivity index (χ3v) is 2.30. The Hall–Kier alpha value is -2.67. The van der Waals surface area contributed by atoms with E-state index in [0.29, 0.717) is 5.76 Å². The fourth-order valence-electron chi connectivity index (χ4n) is 1.39. The van der Waals surface area contributed by atoms with Crippen LogP contribution in [0, 0.1) is 10.1 Å². The van der Waals surface area contributed by atoms with Gasteiger partial charge in [0.15, 0.2) is 5.76 Å². The summed E-state index contributed by atoms with van der Waals surface area (Å²) < 4.78 is 10.0. The number of nitrogens with zero attached hydrogens (tertiary/aromatic N) is 1. The molecule has 2 rings (SSSR count). The molecule has 0 saturated carbocycles. The Labute approximate surface area is 107 Å². The van der Waals surface area contributed by atoms with Crippen LogP contribution in [0.5, 0.6) is 0 Å². The minimum Gasteiger partial charge on any atom is -0.456 e. The molecule has 7 nitrogen and oxygen atoms in total. The number of rotatable bonds is 5. The van der Waals surface area contributed by atoms with Gasteiger partial charge in [0.2, 0.25) is 5.78 Å². The molecule has 0 bridgehead atoms. The lowest BCUT2D eigenvalue weighted by atomic mass is 10.2. The second-order valence-electron chi connectivity index (χ2n) is 3.60. The highest BCUT2D eigenvalue weighted by Crippen LogP contribution is 2.17. The number of hydrogen-bond acceptors (Lipinski definition) is 6. The van der Waals surface area contributed by atoms with E-state index in [1.54, 1.807) is 6.07 Å². The zero-order chi connectivity index (χ0) is 13.8. The standard InChI is InChI=1S/C12H10N2O5/c13-7-9-2-5-11(18-9)10(15)4-1-8-3-6-12(19-8)14(16)17/h1-6H,7,13H2/b4-1+. The van der Waals surface area contributed by atoms with Gasteiger partial charge in [-0.1, -0.05) is 0 Å². The molecular formula is C12H10N2O5. The summed E-state index contributed by atoms with van der Waals surface area (Å²) in [6.07, 6.45) is 2.54. The number of nitrogens with two attached hydrogens (primary N) is 1. The second kappa shape index (κ2) is 5.32. The largest absolute Gasteiger partial charge is 0.456 e. The van der Waals surface area contributed by atoms with E-state index in [1.807, 2.05) is 0 Å². The van der Waals surface area contributed by atoms with E-state index in [2.05, 4.69) is 0 Å². The van der Waals surface area contributed by atoms with E-state index in [9.17, 15) is 14.9 Å². The van der Waals surface area contributed by atoms with Crippen LogP contribution in [0.15, 0.2) is 39.2 Å². The van der Waals surface area contributed by atoms with Gasteiger partial charge in [-0.2, -0.15) is 0 Å². The van der Waals surface area contributed by atoms with E-state index >= 15 is 0 Å². The van der Waals surface area contributed by atoms with Crippen molar-refractivity contribution in [1.82, 2.24) is 0 Å². The summed E-state index contributed by atoms with van der Waals surface area (Å²) in [4.78, 5) is 21.4. The van der Waals surface area contributed by atoms with Crippen molar-refractivity contribution >= 4 is 17.7 Å². The Morgan fingerprint density at radius 2 is 2.11 bits per heavy atom. The normalized spacial score (nSPS) is 11.0. The lowest BCUT2D eigenvalue weighted by Gasteiger charge is -1.89. The minimum atomic E-state index is -0.654. The van der Waals surface area contributed by atoms with Crippen LogP contribution in [0.25, 0.3) is 6.08 Å². The van der Waals surface area contributed by atoms with Crippen molar-refractivity contribution in [3.05, 3.63) is 57.7 Å². The first-order chi connectivity index (χ1) is 9.10. The average Bonchev–Trinajstić information content (AvgIpc) is 3.04. The number of hydrogen-bond donors (Lipinski definition) is 1. The minimum absolute atomic E-state index is 0.151. The molecule has 0 unspecified atom stereocenters. The summed E-state index contributed by atoms with van der Waals surface area (Å²) in [6.45, 7) is 0.210. The van der Waals surface area contributed by atoms with Crippen molar-refractivity contribution in [2.45, 2.75) is 6.54 Å². The van der Waals surface area contributed by atoms with Crippen LogP contribution in [-0.4, -0.2) is 10.7 Å². The Bertz CT molecular complexity index is 638. The van der Waals surface area contributed by atoms with E-state index in [1.165, 1.54) is 30.4 Å². The highest BCUT2D eigenvalue weighted by atomic mass is 16.6. The van der Waals surface area contributed by atoms with Gasteiger partial charge in [0, 0.05) is 0 Å². The number of furan rings is 2. The van der Waals surface area contributed by atoms with E-state index in [0.717, 1.165) is 0 Å². The molecule has 2 heterocycles. The van der Waals surface area contributed by atoms with Crippen LogP contribution in [-0.2, 0) is 6.54 Å². The molecule has 2 N–H and O–H groups in total. The SMILES string of the molecule is NCc1ccc(C(=O)/C=C/c2ccc([N+](=O)[O-])o2)o1. The van der Waals surface area contributed by atoms with Gasteiger partial charge >= 0.3 is 5.88 Å². The molecule has 19 heavy (non-hydrogen) atoms. The third kappa shape index (κ3) is 2.96. The molecule has 0 aliphatic carbocycles. The Morgan fingerprint density at radius 1 is 1.32 bits per heavy atom. The van der Waals surface area contributed by atoms with Crippen LogP contribution in [0.4, 0.5) is 5.88 Å². The highest BCUT2D eigenvalue weighted by Gasteiger charge is 2.11. The van der Waals surface area contributed by atoms with E-state index in [4.69, 9.17) is 14.6 Å². The lowest BCUT2D eigenvalue weighted by Crippen LogP contribution is -1.94. The fourth-order valence-corrected chi connectivity index (χ4v) is 1.39. The first-order valence-electron chi connectivity index (χ1n) is 5.35. The number of nitro groups is 1. The topological polar surface area (TPSA) is 113 Å². The number of ketones is 1. The molecule has 2 aromatic rings. The molecule has 7 heteroatoms. The molecule has 2 aromatic heterocycles. The van der Waals surface area contributed by atoms with Crippen molar-refractivity contribution in [3.63, 3.8) is 0 Å². The number of carbonyl (C=O) groups is 1. The number of allylic oxidation sites excluding steroid dienone is 1. The smallest absolute Gasteiger partial charge is 0.433 e. The van der Waals surface area contributed by atoms with Gasteiger partial charge in [0.1, 0.15) is 16.4 Å². The van der Waals surface area contributed by atoms with Crippen LogP contribution in [0.3, 0.4) is 0 Å². The van der Waals surface area contributed by atoms with Crippen molar-refractivity contribution in [2.24, 2.45) is 5.73 Å². The lowest BCUT2D eigenvalue weighted by molar-refractivity contribution is -0.402. The van der Waals surface area contributed by atoms with Gasteiger partial charge in [-0.3, -0.25) is 14.9 Å². The Balaban J connectivity index is 2.08. The van der Waals surface area contributed by atoms with Gasteiger partial charge in [0.25, 0.3) is 0 Å². The molecule has 98 valence electrons. The van der Waals surface area contributed by atoms with Gasteiger partial charge in [0.05, 0.1) is 12.6 Å². The van der Waals surface area contributed by atoms with Crippen LogP contribution in [0.1, 0.15) is 22.1 Å². The summed E-state index contributed by atoms with van der Waals surface area (Å²) in [7, 11) is 0. The maximum Gasteiger partial charge on any atom is 0.433 e. The summed E-state index contributed by atoms with van der Waals surface area (Å²) >= 11 is 0. The molecule has 0 aromatic carbocycles. The van der Waals surface area contributed by atoms with Gasteiger partial charge in [-0.25, -0.2) is 0 Å². The Kier molecular flexibility index (Phi) is 3.58. The van der Waals surface area contributed by atoms with Crippen LogP contribution >= 0.6 is 0 Å². The monoisotopic (exact) mass is 262 g/mol. The van der Waals surface area contributed by atoms with Crippen molar-refractivity contribution in [2.75, 3.05) is 0 Å². The highest BCUT2D eigenvalue weighted by molar-refractivity contribution is 6.04. The summed E-state index contributed by atoms with van der Waals surface area (Å²) in [6, 6.07) is 5.73. The van der Waals surface area contributed by atoms with Gasteiger partial charge < -0.3 is 14.6 Å². The van der Waals surface area contributed by atoms with Crippen molar-refractivity contribution in [3.8, 4) is 0 Å². The van der Waals surface area contributed by atoms with E-state index in [-0.39, 0.29) is 29.7 Å². The Morgan fingerprint density at radius 3 is 2.68 bits per heavy atom. The molecule has 0 atom stereocenters. The molecule has 0 saturated heterocycles. The quantitative estimate of drug-likeness (QED) is 0.382. The molecule has 0 spiro atoms. The summed E-state index contributed by atoms with van der Waals surface area (Å²) in [5.41, 5.74) is 5.36. The van der Waals surface area contributed by atoms with Gasteiger partial charge in [-0.15, -0.1) is 0 Å². The molecular weight excluding hydrogens is 252 g/mol. The maximum absolute atomic E-state index is 11.7. The molecule has 0 fully saturated rings. The maximum atomic E-state index is 11.7. The predicted molar refractivity (Wildman–Crippen MR) is 65.3 cm³/mol. The molecule has 0 aliphatic heterocycles. The second-order valence-corrected chi connectivity index (χ2v) is 3.60. The molecule has 0 radical (unpaired) electrons. The van der Waals surface area contributed by atoms with Crippen molar-refractivity contribution < 1.29 is 18.6 Å². The van der Waals surface area contributed by atoms with Gasteiger partial charge in [-0.05, 0) is 30.4 Å². The third-order valence-electron chi connectivity index (χ3n) is 2.30. The van der Waals surface area contributed by atoms with Crippen LogP contribution < -0.4 is 5.73 Å². The molecule has 0 aliphatic rings. The van der Waals surface area contributed by atoms with E-state index < -0.39 is 4.92 Å². The summed E-state index contributed by atoms with van der Waals surface area (Å²) in [5, 5.41) is 10.4.